The van der Waals surface area contributed by atoms with Gasteiger partial charge in [-0.25, -0.2) is 0 Å². The molecule has 0 fully saturated rings. The van der Waals surface area contributed by atoms with Crippen molar-refractivity contribution in [2.75, 3.05) is 0 Å². The lowest BCUT2D eigenvalue weighted by atomic mass is 10.1. The molecule has 0 aliphatic carbocycles. The highest BCUT2D eigenvalue weighted by Crippen LogP contribution is 2.26. The van der Waals surface area contributed by atoms with Gasteiger partial charge in [0, 0.05) is 10.9 Å². The number of hydrogen-bond donors (Lipinski definition) is 0. The van der Waals surface area contributed by atoms with Crippen molar-refractivity contribution in [2.45, 2.75) is 25.1 Å². The molecule has 3 heteroatoms. The first-order valence-corrected chi connectivity index (χ1v) is 5.71. The van der Waals surface area contributed by atoms with Crippen molar-refractivity contribution in [3.63, 3.8) is 0 Å². The monoisotopic (exact) mass is 274 g/mol. The molecule has 0 saturated heterocycles. The van der Waals surface area contributed by atoms with E-state index in [1.807, 2.05) is 24.3 Å². The fraction of sp³-hybridized carbons (Fsp3) is 0.364. The SMILES string of the molecule is CC(=O)CCC(Cl)c1ccc(Br)cc1. The van der Waals surface area contributed by atoms with Crippen molar-refractivity contribution in [1.29, 1.82) is 0 Å². The van der Waals surface area contributed by atoms with Gasteiger partial charge in [0.2, 0.25) is 0 Å². The molecule has 76 valence electrons. The Balaban J connectivity index is 2.56. The average molecular weight is 276 g/mol. The van der Waals surface area contributed by atoms with Gasteiger partial charge in [-0.2, -0.15) is 0 Å². The minimum atomic E-state index is -0.0630. The summed E-state index contributed by atoms with van der Waals surface area (Å²) in [6.45, 7) is 1.59. The Bertz CT molecular complexity index is 308. The van der Waals surface area contributed by atoms with Crippen LogP contribution >= 0.6 is 27.5 Å². The normalized spacial score (nSPS) is 12.5. The molecule has 0 N–H and O–H groups in total. The van der Waals surface area contributed by atoms with Crippen LogP contribution in [-0.4, -0.2) is 5.78 Å². The van der Waals surface area contributed by atoms with Crippen molar-refractivity contribution in [3.05, 3.63) is 34.3 Å². The summed E-state index contributed by atoms with van der Waals surface area (Å²) in [6, 6.07) is 7.86. The van der Waals surface area contributed by atoms with E-state index in [1.54, 1.807) is 6.92 Å². The minimum absolute atomic E-state index is 0.0630. The van der Waals surface area contributed by atoms with Crippen molar-refractivity contribution in [1.82, 2.24) is 0 Å². The predicted molar refractivity (Wildman–Crippen MR) is 62.7 cm³/mol. The van der Waals surface area contributed by atoms with Gasteiger partial charge in [0.1, 0.15) is 5.78 Å². The molecule has 1 atom stereocenters. The van der Waals surface area contributed by atoms with Crippen LogP contribution in [-0.2, 0) is 4.79 Å². The van der Waals surface area contributed by atoms with E-state index in [0.717, 1.165) is 10.0 Å². The number of halogens is 2. The molecule has 1 rings (SSSR count). The second kappa shape index (κ2) is 5.52. The molecule has 0 aliphatic heterocycles. The number of benzene rings is 1. The standard InChI is InChI=1S/C11H12BrClO/c1-8(14)2-7-11(13)9-3-5-10(12)6-4-9/h3-6,11H,2,7H2,1H3. The summed E-state index contributed by atoms with van der Waals surface area (Å²) >= 11 is 9.49. The van der Waals surface area contributed by atoms with E-state index in [2.05, 4.69) is 15.9 Å². The number of carbonyl (C=O) groups excluding carboxylic acids is 1. The van der Waals surface area contributed by atoms with Crippen LogP contribution in [0.15, 0.2) is 28.7 Å². The highest BCUT2D eigenvalue weighted by molar-refractivity contribution is 9.10. The number of alkyl halides is 1. The molecule has 0 radical (unpaired) electrons. The molecule has 1 aromatic carbocycles. The van der Waals surface area contributed by atoms with Gasteiger partial charge in [-0.05, 0) is 31.0 Å². The van der Waals surface area contributed by atoms with E-state index in [9.17, 15) is 4.79 Å². The molecule has 14 heavy (non-hydrogen) atoms. The lowest BCUT2D eigenvalue weighted by Crippen LogP contribution is -1.95. The zero-order chi connectivity index (χ0) is 10.6. The largest absolute Gasteiger partial charge is 0.300 e. The third-order valence-electron chi connectivity index (χ3n) is 1.98. The second-order valence-corrected chi connectivity index (χ2v) is 4.70. The van der Waals surface area contributed by atoms with Crippen LogP contribution in [0.3, 0.4) is 0 Å². The lowest BCUT2D eigenvalue weighted by Gasteiger charge is -2.08. The van der Waals surface area contributed by atoms with Crippen LogP contribution in [0.5, 0.6) is 0 Å². The molecular weight excluding hydrogens is 263 g/mol. The summed E-state index contributed by atoms with van der Waals surface area (Å²) in [5.41, 5.74) is 1.07. The summed E-state index contributed by atoms with van der Waals surface area (Å²) in [5.74, 6) is 0.188. The third kappa shape index (κ3) is 3.81. The van der Waals surface area contributed by atoms with E-state index in [-0.39, 0.29) is 11.2 Å². The van der Waals surface area contributed by atoms with Gasteiger partial charge in [0.15, 0.2) is 0 Å². The topological polar surface area (TPSA) is 17.1 Å². The maximum absolute atomic E-state index is 10.8. The van der Waals surface area contributed by atoms with Crippen LogP contribution < -0.4 is 0 Å². The van der Waals surface area contributed by atoms with Gasteiger partial charge < -0.3 is 4.79 Å². The molecule has 1 nitrogen and oxygen atoms in total. The number of ketones is 1. The van der Waals surface area contributed by atoms with Crippen molar-refractivity contribution in [2.24, 2.45) is 0 Å². The average Bonchev–Trinajstić information content (AvgIpc) is 2.15. The molecule has 0 heterocycles. The van der Waals surface area contributed by atoms with E-state index in [4.69, 9.17) is 11.6 Å². The first kappa shape index (κ1) is 11.7. The lowest BCUT2D eigenvalue weighted by molar-refractivity contribution is -0.117. The van der Waals surface area contributed by atoms with Crippen LogP contribution in [0, 0.1) is 0 Å². The zero-order valence-corrected chi connectivity index (χ0v) is 10.3. The fourth-order valence-electron chi connectivity index (χ4n) is 1.17. The van der Waals surface area contributed by atoms with Gasteiger partial charge in [0.05, 0.1) is 5.38 Å². The highest BCUT2D eigenvalue weighted by Gasteiger charge is 2.08. The summed E-state index contributed by atoms with van der Waals surface area (Å²) in [4.78, 5) is 10.8. The number of Topliss-reactive ketones (excluding diaryl/α,β-unsaturated/α-hetero) is 1. The Morgan fingerprint density at radius 2 is 2.00 bits per heavy atom. The van der Waals surface area contributed by atoms with E-state index < -0.39 is 0 Å². The van der Waals surface area contributed by atoms with E-state index in [1.165, 1.54) is 0 Å². The summed E-state index contributed by atoms with van der Waals surface area (Å²) in [5, 5.41) is -0.0630. The molecule has 0 saturated carbocycles. The highest BCUT2D eigenvalue weighted by atomic mass is 79.9. The molecular formula is C11H12BrClO. The van der Waals surface area contributed by atoms with Crippen LogP contribution in [0.1, 0.15) is 30.7 Å². The van der Waals surface area contributed by atoms with Crippen LogP contribution in [0.2, 0.25) is 0 Å². The van der Waals surface area contributed by atoms with Crippen molar-refractivity contribution in [3.8, 4) is 0 Å². The van der Waals surface area contributed by atoms with Gasteiger partial charge in [-0.15, -0.1) is 11.6 Å². The summed E-state index contributed by atoms with van der Waals surface area (Å²) < 4.78 is 1.04. The van der Waals surface area contributed by atoms with Gasteiger partial charge in [-0.3, -0.25) is 0 Å². The molecule has 1 aromatic rings. The molecule has 0 amide bonds. The number of hydrogen-bond acceptors (Lipinski definition) is 1. The molecule has 0 spiro atoms. The van der Waals surface area contributed by atoms with E-state index >= 15 is 0 Å². The maximum atomic E-state index is 10.8. The third-order valence-corrected chi connectivity index (χ3v) is 2.98. The Kier molecular flexibility index (Phi) is 4.63. The van der Waals surface area contributed by atoms with Gasteiger partial charge in [-0.1, -0.05) is 28.1 Å². The Hall–Kier alpha value is -0.340. The van der Waals surface area contributed by atoms with E-state index in [0.29, 0.717) is 12.8 Å². The predicted octanol–water partition coefficient (Wildman–Crippen LogP) is 4.10. The maximum Gasteiger partial charge on any atom is 0.129 e. The first-order valence-electron chi connectivity index (χ1n) is 4.48. The Morgan fingerprint density at radius 1 is 1.43 bits per heavy atom. The zero-order valence-electron chi connectivity index (χ0n) is 7.97. The van der Waals surface area contributed by atoms with Gasteiger partial charge >= 0.3 is 0 Å². The Labute approximate surface area is 97.6 Å². The van der Waals surface area contributed by atoms with Crippen molar-refractivity contribution >= 4 is 33.3 Å². The molecule has 0 aliphatic rings. The summed E-state index contributed by atoms with van der Waals surface area (Å²) in [7, 11) is 0. The minimum Gasteiger partial charge on any atom is -0.300 e. The first-order chi connectivity index (χ1) is 6.59. The molecule has 0 aromatic heterocycles. The molecule has 0 bridgehead atoms. The number of rotatable bonds is 4. The molecule has 1 unspecified atom stereocenters. The van der Waals surface area contributed by atoms with Crippen LogP contribution in [0.25, 0.3) is 0 Å². The quantitative estimate of drug-likeness (QED) is 0.756. The smallest absolute Gasteiger partial charge is 0.129 e. The second-order valence-electron chi connectivity index (χ2n) is 3.26. The summed E-state index contributed by atoms with van der Waals surface area (Å²) in [6.07, 6.45) is 1.25. The Morgan fingerprint density at radius 3 is 2.50 bits per heavy atom. The fourth-order valence-corrected chi connectivity index (χ4v) is 1.69. The number of carbonyl (C=O) groups is 1. The van der Waals surface area contributed by atoms with Gasteiger partial charge in [0.25, 0.3) is 0 Å². The van der Waals surface area contributed by atoms with Crippen LogP contribution in [0.4, 0.5) is 0 Å². The van der Waals surface area contributed by atoms with Crippen molar-refractivity contribution < 1.29 is 4.79 Å².